The molecule has 1 saturated carbocycles. The van der Waals surface area contributed by atoms with E-state index in [1.165, 1.54) is 20.3 Å². The highest BCUT2D eigenvalue weighted by molar-refractivity contribution is 7.89. The quantitative estimate of drug-likeness (QED) is 0.603. The summed E-state index contributed by atoms with van der Waals surface area (Å²) < 4.78 is 40.5. The van der Waals surface area contributed by atoms with E-state index in [1.807, 2.05) is 0 Å². The summed E-state index contributed by atoms with van der Waals surface area (Å²) in [4.78, 5) is 12.3. The van der Waals surface area contributed by atoms with Crippen molar-refractivity contribution in [1.82, 2.24) is 24.6 Å². The minimum atomic E-state index is -3.70. The number of piperidine rings is 1. The van der Waals surface area contributed by atoms with E-state index in [0.717, 1.165) is 32.1 Å². The summed E-state index contributed by atoms with van der Waals surface area (Å²) in [6.45, 7) is 0.945. The number of aryl methyl sites for hydroxylation is 1. The largest absolute Gasteiger partial charge is 0.493 e. The molecule has 1 aliphatic heterocycles. The number of sulfonamides is 1. The predicted octanol–water partition coefficient (Wildman–Crippen LogP) is 1.82. The van der Waals surface area contributed by atoms with Crippen LogP contribution in [0.3, 0.4) is 0 Å². The van der Waals surface area contributed by atoms with Crippen LogP contribution in [0.25, 0.3) is 0 Å². The van der Waals surface area contributed by atoms with Gasteiger partial charge in [0.25, 0.3) is 5.91 Å². The highest BCUT2D eigenvalue weighted by atomic mass is 32.2. The van der Waals surface area contributed by atoms with Crippen molar-refractivity contribution in [3.63, 3.8) is 0 Å². The number of benzene rings is 1. The van der Waals surface area contributed by atoms with Crippen LogP contribution in [-0.2, 0) is 16.6 Å². The van der Waals surface area contributed by atoms with Gasteiger partial charge < -0.3 is 14.8 Å². The van der Waals surface area contributed by atoms with Gasteiger partial charge in [0.2, 0.25) is 10.0 Å². The standard InChI is InChI=1S/C21H29N5O5S/c1-30-19-9-8-17(13-20(19)31-2)32(28,29)26-11-4-3-5-16(26)10-12-25-14-18(23-24-25)21(27)22-15-6-7-15/h8-9,13-16H,3-7,10-12H2,1-2H3,(H,22,27)/t16-/m1/s1. The van der Waals surface area contributed by atoms with E-state index in [1.54, 1.807) is 27.3 Å². The third kappa shape index (κ3) is 4.88. The van der Waals surface area contributed by atoms with Crippen LogP contribution in [0.15, 0.2) is 29.3 Å². The molecule has 1 atom stereocenters. The van der Waals surface area contributed by atoms with Crippen molar-refractivity contribution in [3.8, 4) is 11.5 Å². The number of rotatable bonds is 9. The van der Waals surface area contributed by atoms with Crippen LogP contribution < -0.4 is 14.8 Å². The third-order valence-electron chi connectivity index (χ3n) is 5.91. The Hall–Kier alpha value is -2.66. The molecule has 10 nitrogen and oxygen atoms in total. The SMILES string of the molecule is COc1ccc(S(=O)(=O)N2CCCC[C@@H]2CCn2cc(C(=O)NC3CC3)nn2)cc1OC. The smallest absolute Gasteiger partial charge is 0.273 e. The maximum atomic E-state index is 13.4. The van der Waals surface area contributed by atoms with Crippen molar-refractivity contribution < 1.29 is 22.7 Å². The van der Waals surface area contributed by atoms with Gasteiger partial charge in [0.15, 0.2) is 17.2 Å². The van der Waals surface area contributed by atoms with Gasteiger partial charge in [0.1, 0.15) is 0 Å². The first-order valence-corrected chi connectivity index (χ1v) is 12.3. The number of ether oxygens (including phenoxy) is 2. The highest BCUT2D eigenvalue weighted by Gasteiger charge is 2.34. The molecule has 0 radical (unpaired) electrons. The van der Waals surface area contributed by atoms with Crippen LogP contribution in [0.2, 0.25) is 0 Å². The van der Waals surface area contributed by atoms with Gasteiger partial charge in [-0.3, -0.25) is 9.48 Å². The summed E-state index contributed by atoms with van der Waals surface area (Å²) in [7, 11) is -0.706. The van der Waals surface area contributed by atoms with Gasteiger partial charge in [-0.25, -0.2) is 8.42 Å². The fourth-order valence-electron chi connectivity index (χ4n) is 3.97. The molecule has 2 aromatic rings. The molecule has 2 heterocycles. The molecule has 0 spiro atoms. The van der Waals surface area contributed by atoms with Gasteiger partial charge >= 0.3 is 0 Å². The van der Waals surface area contributed by atoms with E-state index >= 15 is 0 Å². The van der Waals surface area contributed by atoms with E-state index < -0.39 is 10.0 Å². The number of nitrogens with one attached hydrogen (secondary N) is 1. The van der Waals surface area contributed by atoms with Crippen LogP contribution in [0, 0.1) is 0 Å². The highest BCUT2D eigenvalue weighted by Crippen LogP contribution is 2.33. The molecule has 1 aromatic heterocycles. The number of carbonyl (C=O) groups excluding carboxylic acids is 1. The molecule has 32 heavy (non-hydrogen) atoms. The molecule has 4 rings (SSSR count). The average molecular weight is 464 g/mol. The van der Waals surface area contributed by atoms with E-state index in [0.29, 0.717) is 31.0 Å². The van der Waals surface area contributed by atoms with Crippen molar-refractivity contribution in [3.05, 3.63) is 30.1 Å². The summed E-state index contributed by atoms with van der Waals surface area (Å²) in [6.07, 6.45) is 6.77. The fraction of sp³-hybridized carbons (Fsp3) is 0.571. The van der Waals surface area contributed by atoms with Crippen molar-refractivity contribution in [1.29, 1.82) is 0 Å². The maximum absolute atomic E-state index is 13.4. The first-order valence-electron chi connectivity index (χ1n) is 10.9. The lowest BCUT2D eigenvalue weighted by Crippen LogP contribution is -2.44. The molecule has 174 valence electrons. The topological polar surface area (TPSA) is 116 Å². The predicted molar refractivity (Wildman–Crippen MR) is 116 cm³/mol. The van der Waals surface area contributed by atoms with E-state index in [4.69, 9.17) is 9.47 Å². The van der Waals surface area contributed by atoms with Crippen LogP contribution >= 0.6 is 0 Å². The van der Waals surface area contributed by atoms with Crippen molar-refractivity contribution in [2.75, 3.05) is 20.8 Å². The van der Waals surface area contributed by atoms with Gasteiger partial charge in [-0.15, -0.1) is 5.10 Å². The number of amides is 1. The Morgan fingerprint density at radius 3 is 2.66 bits per heavy atom. The van der Waals surface area contributed by atoms with Crippen LogP contribution in [0.1, 0.15) is 49.0 Å². The van der Waals surface area contributed by atoms with Crippen molar-refractivity contribution in [2.45, 2.75) is 62.0 Å². The Balaban J connectivity index is 1.45. The Kier molecular flexibility index (Phi) is 6.66. The number of carbonyl (C=O) groups is 1. The average Bonchev–Trinajstić information content (AvgIpc) is 3.49. The lowest BCUT2D eigenvalue weighted by atomic mass is 10.0. The normalized spacial score (nSPS) is 19.5. The Morgan fingerprint density at radius 1 is 1.16 bits per heavy atom. The second-order valence-electron chi connectivity index (χ2n) is 8.19. The second kappa shape index (κ2) is 9.45. The number of nitrogens with zero attached hydrogens (tertiary/aromatic N) is 4. The third-order valence-corrected chi connectivity index (χ3v) is 7.86. The number of hydrogen-bond acceptors (Lipinski definition) is 7. The number of methoxy groups -OCH3 is 2. The summed E-state index contributed by atoms with van der Waals surface area (Å²) >= 11 is 0. The molecule has 1 saturated heterocycles. The number of hydrogen-bond donors (Lipinski definition) is 1. The molecule has 11 heteroatoms. The van der Waals surface area contributed by atoms with Gasteiger partial charge in [-0.1, -0.05) is 11.6 Å². The molecule has 1 aliphatic carbocycles. The van der Waals surface area contributed by atoms with E-state index in [-0.39, 0.29) is 28.6 Å². The molecule has 2 aliphatic rings. The zero-order valence-electron chi connectivity index (χ0n) is 18.4. The summed E-state index contributed by atoms with van der Waals surface area (Å²) in [5.74, 6) is 0.644. The molecule has 0 unspecified atom stereocenters. The Labute approximate surface area is 187 Å². The first-order chi connectivity index (χ1) is 15.4. The summed E-state index contributed by atoms with van der Waals surface area (Å²) in [5, 5.41) is 10.9. The van der Waals surface area contributed by atoms with Crippen molar-refractivity contribution in [2.24, 2.45) is 0 Å². The molecule has 1 aromatic carbocycles. The van der Waals surface area contributed by atoms with E-state index in [9.17, 15) is 13.2 Å². The van der Waals surface area contributed by atoms with Gasteiger partial charge in [0, 0.05) is 31.2 Å². The first kappa shape index (κ1) is 22.5. The molecule has 1 amide bonds. The van der Waals surface area contributed by atoms with Gasteiger partial charge in [0.05, 0.1) is 25.3 Å². The van der Waals surface area contributed by atoms with E-state index in [2.05, 4.69) is 15.6 Å². The number of aromatic nitrogens is 3. The monoisotopic (exact) mass is 463 g/mol. The minimum Gasteiger partial charge on any atom is -0.493 e. The van der Waals surface area contributed by atoms with Crippen molar-refractivity contribution >= 4 is 15.9 Å². The maximum Gasteiger partial charge on any atom is 0.273 e. The molecular weight excluding hydrogens is 434 g/mol. The minimum absolute atomic E-state index is 0.158. The summed E-state index contributed by atoms with van der Waals surface area (Å²) in [6, 6.07) is 4.75. The summed E-state index contributed by atoms with van der Waals surface area (Å²) in [5.41, 5.74) is 0.287. The fourth-order valence-corrected chi connectivity index (χ4v) is 5.71. The Bertz CT molecular complexity index is 1070. The zero-order valence-corrected chi connectivity index (χ0v) is 19.2. The van der Waals surface area contributed by atoms with Gasteiger partial charge in [-0.05, 0) is 44.2 Å². The molecular formula is C21H29N5O5S. The molecule has 1 N–H and O–H groups in total. The second-order valence-corrected chi connectivity index (χ2v) is 10.1. The zero-order chi connectivity index (χ0) is 22.7. The molecule has 0 bridgehead atoms. The van der Waals surface area contributed by atoms with Crippen LogP contribution in [-0.4, -0.2) is 66.5 Å². The lowest BCUT2D eigenvalue weighted by Gasteiger charge is -2.34. The Morgan fingerprint density at radius 2 is 1.94 bits per heavy atom. The van der Waals surface area contributed by atoms with Crippen LogP contribution in [0.5, 0.6) is 11.5 Å². The molecule has 2 fully saturated rings. The lowest BCUT2D eigenvalue weighted by molar-refractivity contribution is 0.0946. The van der Waals surface area contributed by atoms with Gasteiger partial charge in [-0.2, -0.15) is 4.31 Å². The van der Waals surface area contributed by atoms with Crippen LogP contribution in [0.4, 0.5) is 0 Å².